The molecule has 6 saturated carbocycles. The first-order valence-corrected chi connectivity index (χ1v) is 30.4. The van der Waals surface area contributed by atoms with Gasteiger partial charge in [0.2, 0.25) is 0 Å². The van der Waals surface area contributed by atoms with Gasteiger partial charge in [0.1, 0.15) is 12.9 Å². The molecule has 3 heteroatoms. The van der Waals surface area contributed by atoms with Crippen molar-refractivity contribution >= 4 is 23.5 Å². The fourth-order valence-corrected chi connectivity index (χ4v) is 18.0. The van der Waals surface area contributed by atoms with Gasteiger partial charge in [-0.05, 0) is 154 Å². The molecule has 2 unspecified atom stereocenters. The maximum atomic E-state index is 14.0. The smallest absolute Gasteiger partial charge is 0.146 e. The summed E-state index contributed by atoms with van der Waals surface area (Å²) in [4.78, 5) is 12.1. The van der Waals surface area contributed by atoms with Crippen molar-refractivity contribution in [3.63, 3.8) is 0 Å². The van der Waals surface area contributed by atoms with Crippen molar-refractivity contribution in [1.82, 2.24) is 0 Å². The van der Waals surface area contributed by atoms with Crippen molar-refractivity contribution in [1.29, 1.82) is 0 Å². The molecule has 0 N–H and O–H groups in total. The summed E-state index contributed by atoms with van der Waals surface area (Å²) in [6.07, 6.45) is 35.4. The molecule has 2 aromatic carbocycles. The molecule has 6 aliphatic rings. The molecule has 0 radical (unpaired) electrons. The van der Waals surface area contributed by atoms with Crippen molar-refractivity contribution < 1.29 is 9.36 Å². The Morgan fingerprint density at radius 1 is 0.662 bits per heavy atom. The predicted octanol–water partition coefficient (Wildman–Crippen LogP) is 18.5. The zero-order valence-corrected chi connectivity index (χ0v) is 46.2. The van der Waals surface area contributed by atoms with Crippen molar-refractivity contribution in [3.05, 3.63) is 108 Å². The van der Waals surface area contributed by atoms with Crippen LogP contribution in [0.25, 0.3) is 0 Å². The summed E-state index contributed by atoms with van der Waals surface area (Å²) in [5.41, 5.74) is 7.25. The molecule has 0 amide bonds. The Morgan fingerprint density at radius 2 is 1.15 bits per heavy atom. The van der Waals surface area contributed by atoms with Crippen LogP contribution in [0.2, 0.25) is 0 Å². The SMILES string of the molecule is C=C1[C@H](C)CC(=CCP(=O)(c2ccccc2)c2ccccc2)C[C@H]1C.CCCC[C@H](C)C1CC[C@H]2/C(=C/C=C3C[C@@H](C)C[C@H](C)C3)CCC[C@]12C.CCCC[C@H](C)C1CC[C@H]2C(=O)CCC[C@]12C. The fourth-order valence-electron chi connectivity index (χ4n) is 15.5. The molecule has 2 aromatic rings. The molecule has 6 aliphatic carbocycles. The quantitative estimate of drug-likeness (QED) is 0.148. The summed E-state index contributed by atoms with van der Waals surface area (Å²) in [6, 6.07) is 19.9. The molecule has 0 heterocycles. The van der Waals surface area contributed by atoms with E-state index in [4.69, 9.17) is 0 Å². The Kier molecular flexibility index (Phi) is 20.2. The van der Waals surface area contributed by atoms with Crippen LogP contribution in [0.15, 0.2) is 108 Å². The zero-order chi connectivity index (χ0) is 49.1. The average molecular weight is 943 g/mol. The van der Waals surface area contributed by atoms with E-state index >= 15 is 0 Å². The second-order valence-electron chi connectivity index (χ2n) is 24.6. The lowest BCUT2D eigenvalue weighted by Gasteiger charge is -2.44. The molecule has 0 aliphatic heterocycles. The summed E-state index contributed by atoms with van der Waals surface area (Å²) >= 11 is 0. The molecule has 12 atom stereocenters. The second-order valence-corrected chi connectivity index (χ2v) is 27.4. The first-order chi connectivity index (χ1) is 32.5. The van der Waals surface area contributed by atoms with Gasteiger partial charge in [0.05, 0.1) is 0 Å². The van der Waals surface area contributed by atoms with E-state index in [0.29, 0.717) is 40.5 Å². The normalized spacial score (nSPS) is 33.1. The van der Waals surface area contributed by atoms with E-state index in [-0.39, 0.29) is 0 Å². The first-order valence-electron chi connectivity index (χ1n) is 28.5. The second kappa shape index (κ2) is 25.1. The summed E-state index contributed by atoms with van der Waals surface area (Å²) < 4.78 is 14.0. The number of hydrogen-bond donors (Lipinski definition) is 0. The standard InChI is InChI=1S/C26H44.C23H27OP.C16H28O/c1-6-7-9-21(4)24-13-14-25-23(10-8-15-26(24,25)5)12-11-22-17-19(2)16-20(3)18-22;1-18-16-21(17-19(2)20(18)3)14-15-25(24,22-10-6-4-7-11-22)23-12-8-5-9-13-23;1-4-5-7-12(2)13-9-10-14-15(17)8-6-11-16(13,14)3/h11-12,19-21,24-25H,6-10,13-18H2,1-5H3;4-14,18-19H,3,15-17H2,1-2H3;12-14H,4-11H2,1-3H3/b23-12+;;/t19-,20-,21-,24?,25-,26+;18-,19-;12-,13?,14-,16+/m010/s1. The van der Waals surface area contributed by atoms with E-state index < -0.39 is 7.14 Å². The highest BCUT2D eigenvalue weighted by atomic mass is 31.2. The van der Waals surface area contributed by atoms with E-state index in [2.05, 4.69) is 94.0 Å². The van der Waals surface area contributed by atoms with Gasteiger partial charge in [-0.2, -0.15) is 0 Å². The van der Waals surface area contributed by atoms with Crippen molar-refractivity contribution in [2.75, 3.05) is 6.16 Å². The van der Waals surface area contributed by atoms with Gasteiger partial charge in [-0.15, -0.1) is 0 Å². The number of unbranched alkanes of at least 4 members (excludes halogenated alkanes) is 2. The molecular weight excluding hydrogens is 844 g/mol. The monoisotopic (exact) mass is 943 g/mol. The molecule has 0 spiro atoms. The van der Waals surface area contributed by atoms with E-state index in [9.17, 15) is 9.36 Å². The first kappa shape index (κ1) is 54.6. The fraction of sp³-hybridized carbons (Fsp3) is 0.677. The minimum Gasteiger partial charge on any atom is -0.313 e. The van der Waals surface area contributed by atoms with Crippen LogP contribution in [0.3, 0.4) is 0 Å². The van der Waals surface area contributed by atoms with Gasteiger partial charge >= 0.3 is 0 Å². The molecule has 376 valence electrons. The summed E-state index contributed by atoms with van der Waals surface area (Å²) in [5, 5.41) is 1.89. The van der Waals surface area contributed by atoms with Gasteiger partial charge in [-0.1, -0.05) is 216 Å². The van der Waals surface area contributed by atoms with Gasteiger partial charge in [-0.3, -0.25) is 4.79 Å². The average Bonchev–Trinajstić information content (AvgIpc) is 3.88. The Labute approximate surface area is 418 Å². The molecule has 0 saturated heterocycles. The van der Waals surface area contributed by atoms with Crippen LogP contribution in [0, 0.1) is 70.0 Å². The third kappa shape index (κ3) is 13.2. The maximum Gasteiger partial charge on any atom is 0.146 e. The molecular formula is C65H99O2P. The number of carbonyl (C=O) groups is 1. The van der Waals surface area contributed by atoms with E-state index in [1.807, 2.05) is 66.2 Å². The van der Waals surface area contributed by atoms with Gasteiger partial charge in [-0.25, -0.2) is 0 Å². The number of hydrogen-bond acceptors (Lipinski definition) is 2. The summed E-state index contributed by atoms with van der Waals surface area (Å²) in [6.45, 7) is 28.3. The number of Topliss-reactive ketones (excluding diaryl/α,β-unsaturated/α-hetero) is 1. The van der Waals surface area contributed by atoms with Crippen LogP contribution in [-0.4, -0.2) is 11.9 Å². The van der Waals surface area contributed by atoms with Crippen LogP contribution in [0.5, 0.6) is 0 Å². The van der Waals surface area contributed by atoms with Crippen LogP contribution in [0.4, 0.5) is 0 Å². The van der Waals surface area contributed by atoms with Crippen molar-refractivity contribution in [2.45, 2.75) is 204 Å². The molecule has 0 aromatic heterocycles. The Hall–Kier alpha value is -2.70. The minimum absolute atomic E-state index is 0.350. The highest BCUT2D eigenvalue weighted by molar-refractivity contribution is 7.78. The number of allylic oxidation sites excluding steroid dienone is 7. The van der Waals surface area contributed by atoms with E-state index in [0.717, 1.165) is 77.7 Å². The molecule has 8 rings (SSSR count). The predicted molar refractivity (Wildman–Crippen MR) is 296 cm³/mol. The Balaban J connectivity index is 0.000000172. The number of carbonyl (C=O) groups excluding carboxylic acids is 1. The number of fused-ring (bicyclic) bond motifs is 2. The van der Waals surface area contributed by atoms with E-state index in [1.165, 1.54) is 120 Å². The summed E-state index contributed by atoms with van der Waals surface area (Å²) in [5.74, 6) is 8.16. The third-order valence-electron chi connectivity index (χ3n) is 19.3. The van der Waals surface area contributed by atoms with Crippen LogP contribution < -0.4 is 10.6 Å². The topological polar surface area (TPSA) is 34.1 Å². The highest BCUT2D eigenvalue weighted by Crippen LogP contribution is 2.60. The lowest BCUT2D eigenvalue weighted by molar-refractivity contribution is -0.130. The van der Waals surface area contributed by atoms with Gasteiger partial charge in [0.25, 0.3) is 0 Å². The molecule has 0 bridgehead atoms. The maximum absolute atomic E-state index is 14.0. The largest absolute Gasteiger partial charge is 0.313 e. The van der Waals surface area contributed by atoms with Crippen LogP contribution in [0.1, 0.15) is 204 Å². The third-order valence-corrected chi connectivity index (χ3v) is 22.3. The molecule has 68 heavy (non-hydrogen) atoms. The Morgan fingerprint density at radius 3 is 1.66 bits per heavy atom. The van der Waals surface area contributed by atoms with Crippen LogP contribution >= 0.6 is 7.14 Å². The lowest BCUT2D eigenvalue weighted by atomic mass is 9.60. The number of ketones is 1. The van der Waals surface area contributed by atoms with Crippen molar-refractivity contribution in [3.8, 4) is 0 Å². The molecule has 6 fully saturated rings. The van der Waals surface area contributed by atoms with Gasteiger partial charge in [0.15, 0.2) is 0 Å². The highest BCUT2D eigenvalue weighted by Gasteiger charge is 2.52. The number of benzene rings is 2. The zero-order valence-electron chi connectivity index (χ0n) is 45.3. The van der Waals surface area contributed by atoms with E-state index in [1.54, 1.807) is 5.57 Å². The lowest BCUT2D eigenvalue weighted by Crippen LogP contribution is -2.39. The van der Waals surface area contributed by atoms with Crippen molar-refractivity contribution in [2.24, 2.45) is 70.0 Å². The van der Waals surface area contributed by atoms with Gasteiger partial charge < -0.3 is 4.57 Å². The number of rotatable bonds is 13. The van der Waals surface area contributed by atoms with Crippen LogP contribution in [-0.2, 0) is 9.36 Å². The Bertz CT molecular complexity index is 1990. The van der Waals surface area contributed by atoms with Gasteiger partial charge in [0, 0.05) is 29.1 Å². The molecule has 2 nitrogen and oxygen atoms in total. The summed E-state index contributed by atoms with van der Waals surface area (Å²) in [7, 11) is -2.64. The minimum atomic E-state index is -2.64.